The molecule has 156 valence electrons. The Morgan fingerprint density at radius 3 is 2.34 bits per heavy atom. The summed E-state index contributed by atoms with van der Waals surface area (Å²) >= 11 is 0. The molecule has 1 saturated carbocycles. The van der Waals surface area contributed by atoms with Gasteiger partial charge in [0.2, 0.25) is 0 Å². The second kappa shape index (κ2) is 8.53. The standard InChI is InChI=1S/C26H21N5O/c27-16-20-14-25(31-24-9-5-4-8-23(24)29-30-31)26(15-21(20)17-28)32-22-12-10-19(11-13-22)18-6-2-1-3-7-18/h4-5,8-15,18H,1-3,6-7H2. The minimum absolute atomic E-state index is 0.259. The normalized spacial score (nSPS) is 14.1. The maximum atomic E-state index is 9.53. The molecule has 32 heavy (non-hydrogen) atoms. The van der Waals surface area contributed by atoms with Crippen LogP contribution < -0.4 is 4.74 Å². The second-order valence-electron chi connectivity index (χ2n) is 8.09. The van der Waals surface area contributed by atoms with E-state index in [1.807, 2.05) is 36.4 Å². The summed E-state index contributed by atoms with van der Waals surface area (Å²) in [6.45, 7) is 0. The lowest BCUT2D eigenvalue weighted by atomic mass is 9.84. The second-order valence-corrected chi connectivity index (χ2v) is 8.09. The Morgan fingerprint density at radius 1 is 0.875 bits per heavy atom. The molecule has 1 heterocycles. The number of nitrogens with zero attached hydrogens (tertiary/aromatic N) is 5. The van der Waals surface area contributed by atoms with Gasteiger partial charge in [0.05, 0.1) is 16.6 Å². The monoisotopic (exact) mass is 419 g/mol. The zero-order chi connectivity index (χ0) is 21.9. The van der Waals surface area contributed by atoms with Crippen LogP contribution in [0.4, 0.5) is 0 Å². The molecule has 0 unspecified atom stereocenters. The number of nitriles is 2. The Labute approximate surface area is 186 Å². The van der Waals surface area contributed by atoms with Gasteiger partial charge in [-0.25, -0.2) is 4.68 Å². The highest BCUT2D eigenvalue weighted by Crippen LogP contribution is 2.36. The number of rotatable bonds is 4. The third kappa shape index (κ3) is 3.68. The van der Waals surface area contributed by atoms with Crippen molar-refractivity contribution in [2.75, 3.05) is 0 Å². The van der Waals surface area contributed by atoms with Gasteiger partial charge in [-0.3, -0.25) is 0 Å². The summed E-state index contributed by atoms with van der Waals surface area (Å²) in [6.07, 6.45) is 6.40. The summed E-state index contributed by atoms with van der Waals surface area (Å²) in [5.74, 6) is 1.74. The molecular formula is C26H21N5O. The molecule has 1 fully saturated rings. The average Bonchev–Trinajstić information content (AvgIpc) is 3.29. The molecule has 1 aromatic heterocycles. The number of aromatic nitrogens is 3. The molecular weight excluding hydrogens is 398 g/mol. The molecule has 6 nitrogen and oxygen atoms in total. The summed E-state index contributed by atoms with van der Waals surface area (Å²) in [5.41, 5.74) is 3.95. The van der Waals surface area contributed by atoms with Crippen molar-refractivity contribution in [3.8, 4) is 29.3 Å². The smallest absolute Gasteiger partial charge is 0.154 e. The van der Waals surface area contributed by atoms with Crippen LogP contribution in [-0.4, -0.2) is 15.0 Å². The van der Waals surface area contributed by atoms with E-state index in [0.717, 1.165) is 11.0 Å². The van der Waals surface area contributed by atoms with Crippen LogP contribution in [0.5, 0.6) is 11.5 Å². The summed E-state index contributed by atoms with van der Waals surface area (Å²) in [4.78, 5) is 0. The van der Waals surface area contributed by atoms with Gasteiger partial charge in [-0.2, -0.15) is 10.5 Å². The van der Waals surface area contributed by atoms with Gasteiger partial charge in [-0.05, 0) is 54.7 Å². The van der Waals surface area contributed by atoms with Crippen LogP contribution in [0.15, 0.2) is 60.7 Å². The first-order chi connectivity index (χ1) is 15.8. The molecule has 1 aliphatic rings. The molecule has 6 heteroatoms. The zero-order valence-electron chi connectivity index (χ0n) is 17.5. The molecule has 3 aromatic carbocycles. The summed E-state index contributed by atoms with van der Waals surface area (Å²) < 4.78 is 7.86. The zero-order valence-corrected chi connectivity index (χ0v) is 17.5. The van der Waals surface area contributed by atoms with E-state index in [1.54, 1.807) is 16.8 Å². The van der Waals surface area contributed by atoms with Crippen LogP contribution in [0, 0.1) is 22.7 Å². The minimum Gasteiger partial charge on any atom is -0.455 e. The van der Waals surface area contributed by atoms with E-state index < -0.39 is 0 Å². The van der Waals surface area contributed by atoms with Crippen molar-refractivity contribution < 1.29 is 4.74 Å². The number of benzene rings is 3. The largest absolute Gasteiger partial charge is 0.455 e. The average molecular weight is 419 g/mol. The van der Waals surface area contributed by atoms with Gasteiger partial charge < -0.3 is 4.74 Å². The first-order valence-corrected chi connectivity index (χ1v) is 10.8. The molecule has 0 bridgehead atoms. The van der Waals surface area contributed by atoms with Crippen molar-refractivity contribution in [3.05, 3.63) is 77.4 Å². The predicted molar refractivity (Wildman–Crippen MR) is 121 cm³/mol. The Morgan fingerprint density at radius 2 is 1.59 bits per heavy atom. The van der Waals surface area contributed by atoms with Gasteiger partial charge >= 0.3 is 0 Å². The Hall–Kier alpha value is -4.16. The lowest BCUT2D eigenvalue weighted by Gasteiger charge is -2.22. The summed E-state index contributed by atoms with van der Waals surface area (Å²) in [6, 6.07) is 23.2. The molecule has 0 amide bonds. The molecule has 0 radical (unpaired) electrons. The fourth-order valence-electron chi connectivity index (χ4n) is 4.42. The van der Waals surface area contributed by atoms with Crippen LogP contribution in [0.25, 0.3) is 16.7 Å². The van der Waals surface area contributed by atoms with E-state index in [0.29, 0.717) is 23.1 Å². The van der Waals surface area contributed by atoms with Crippen molar-refractivity contribution in [3.63, 3.8) is 0 Å². The van der Waals surface area contributed by atoms with E-state index >= 15 is 0 Å². The number of para-hydroxylation sites is 1. The van der Waals surface area contributed by atoms with Crippen molar-refractivity contribution in [2.45, 2.75) is 38.0 Å². The summed E-state index contributed by atoms with van der Waals surface area (Å²) in [7, 11) is 0. The van der Waals surface area contributed by atoms with Crippen LogP contribution in [0.3, 0.4) is 0 Å². The lowest BCUT2D eigenvalue weighted by molar-refractivity contribution is 0.442. The number of hydrogen-bond acceptors (Lipinski definition) is 5. The first kappa shape index (κ1) is 19.8. The molecule has 5 rings (SSSR count). The van der Waals surface area contributed by atoms with E-state index in [1.165, 1.54) is 37.7 Å². The molecule has 0 spiro atoms. The predicted octanol–water partition coefficient (Wildman–Crippen LogP) is 6.00. The van der Waals surface area contributed by atoms with Gasteiger partial charge in [0.1, 0.15) is 29.1 Å². The molecule has 0 atom stereocenters. The fraction of sp³-hybridized carbons (Fsp3) is 0.231. The summed E-state index contributed by atoms with van der Waals surface area (Å²) in [5, 5.41) is 27.5. The quantitative estimate of drug-likeness (QED) is 0.404. The van der Waals surface area contributed by atoms with Crippen molar-refractivity contribution in [2.24, 2.45) is 0 Å². The SMILES string of the molecule is N#Cc1cc(Oc2ccc(C3CCCCC3)cc2)c(-n2nnc3ccccc32)cc1C#N. The Bertz CT molecular complexity index is 1350. The lowest BCUT2D eigenvalue weighted by Crippen LogP contribution is -2.04. The highest BCUT2D eigenvalue weighted by molar-refractivity contribution is 5.77. The fourth-order valence-corrected chi connectivity index (χ4v) is 4.42. The number of hydrogen-bond donors (Lipinski definition) is 0. The molecule has 0 N–H and O–H groups in total. The van der Waals surface area contributed by atoms with Crippen molar-refractivity contribution >= 4 is 11.0 Å². The van der Waals surface area contributed by atoms with Gasteiger partial charge in [0.15, 0.2) is 5.75 Å². The third-order valence-corrected chi connectivity index (χ3v) is 6.10. The van der Waals surface area contributed by atoms with Gasteiger partial charge in [0.25, 0.3) is 0 Å². The Kier molecular flexibility index (Phi) is 5.27. The van der Waals surface area contributed by atoms with Crippen molar-refractivity contribution in [1.82, 2.24) is 15.0 Å². The minimum atomic E-state index is 0.259. The van der Waals surface area contributed by atoms with Gasteiger partial charge in [0, 0.05) is 6.07 Å². The van der Waals surface area contributed by atoms with E-state index in [4.69, 9.17) is 4.74 Å². The topological polar surface area (TPSA) is 87.5 Å². The molecule has 1 aliphatic carbocycles. The molecule has 0 aliphatic heterocycles. The van der Waals surface area contributed by atoms with Gasteiger partial charge in [-0.1, -0.05) is 48.7 Å². The van der Waals surface area contributed by atoms with Crippen molar-refractivity contribution in [1.29, 1.82) is 10.5 Å². The molecule has 4 aromatic rings. The van der Waals surface area contributed by atoms with Crippen LogP contribution >= 0.6 is 0 Å². The maximum Gasteiger partial charge on any atom is 0.154 e. The van der Waals surface area contributed by atoms with Gasteiger partial charge in [-0.15, -0.1) is 5.10 Å². The van der Waals surface area contributed by atoms with Crippen LogP contribution in [0.1, 0.15) is 54.7 Å². The van der Waals surface area contributed by atoms with E-state index in [-0.39, 0.29) is 11.1 Å². The van der Waals surface area contributed by atoms with E-state index in [2.05, 4.69) is 34.6 Å². The van der Waals surface area contributed by atoms with Crippen LogP contribution in [0.2, 0.25) is 0 Å². The Balaban J connectivity index is 1.54. The highest BCUT2D eigenvalue weighted by Gasteiger charge is 2.18. The number of ether oxygens (including phenoxy) is 1. The van der Waals surface area contributed by atoms with E-state index in [9.17, 15) is 10.5 Å². The highest BCUT2D eigenvalue weighted by atomic mass is 16.5. The number of fused-ring (bicyclic) bond motifs is 1. The maximum absolute atomic E-state index is 9.53. The third-order valence-electron chi connectivity index (χ3n) is 6.10. The molecule has 0 saturated heterocycles. The van der Waals surface area contributed by atoms with Crippen LogP contribution in [-0.2, 0) is 0 Å². The first-order valence-electron chi connectivity index (χ1n) is 10.8.